The zero-order valence-electron chi connectivity index (χ0n) is 11.1. The first kappa shape index (κ1) is 15.1. The van der Waals surface area contributed by atoms with E-state index in [0.29, 0.717) is 0 Å². The summed E-state index contributed by atoms with van der Waals surface area (Å²) in [5.41, 5.74) is 3.85. The van der Waals surface area contributed by atoms with Crippen LogP contribution in [-0.2, 0) is 6.42 Å². The number of aromatic amines is 1. The molecule has 0 spiro atoms. The molecule has 0 unspecified atom stereocenters. The first-order valence-corrected chi connectivity index (χ1v) is 6.68. The van der Waals surface area contributed by atoms with Crippen LogP contribution < -0.4 is 0 Å². The lowest BCUT2D eigenvalue weighted by Crippen LogP contribution is -1.74. The minimum Gasteiger partial charge on any atom is -0.364 e. The summed E-state index contributed by atoms with van der Waals surface area (Å²) < 4.78 is 0. The van der Waals surface area contributed by atoms with Crippen molar-refractivity contribution < 1.29 is 0 Å². The number of H-pyrrole nitrogens is 1. The second-order valence-electron chi connectivity index (χ2n) is 3.39. The summed E-state index contributed by atoms with van der Waals surface area (Å²) in [6.45, 7) is 14.1. The summed E-state index contributed by atoms with van der Waals surface area (Å²) in [7, 11) is 0. The van der Waals surface area contributed by atoms with E-state index < -0.39 is 0 Å². The molecule has 1 heterocycles. The van der Waals surface area contributed by atoms with Gasteiger partial charge in [-0.15, -0.1) is 11.8 Å². The minimum absolute atomic E-state index is 1.06. The Morgan fingerprint density at radius 3 is 2.50 bits per heavy atom. The third-order valence-corrected chi connectivity index (χ3v) is 2.89. The van der Waals surface area contributed by atoms with Crippen LogP contribution in [0.2, 0.25) is 0 Å². The first-order valence-electron chi connectivity index (χ1n) is 5.80. The maximum absolute atomic E-state index is 3.85. The van der Waals surface area contributed by atoms with Crippen molar-refractivity contribution in [2.45, 2.75) is 41.0 Å². The molecule has 1 rings (SSSR count). The van der Waals surface area contributed by atoms with E-state index in [9.17, 15) is 0 Å². The summed E-state index contributed by atoms with van der Waals surface area (Å²) in [4.78, 5) is 4.37. The van der Waals surface area contributed by atoms with Crippen LogP contribution in [0.5, 0.6) is 0 Å². The number of aromatic nitrogens is 1. The van der Waals surface area contributed by atoms with Gasteiger partial charge in [0.15, 0.2) is 0 Å². The van der Waals surface area contributed by atoms with Crippen LogP contribution in [0.3, 0.4) is 0 Å². The summed E-state index contributed by atoms with van der Waals surface area (Å²) in [5.74, 6) is 0. The SMILES string of the molecule is C=C(C)S/C=C(\C)c1c[nH]c(CC)c1.CC. The van der Waals surface area contributed by atoms with Gasteiger partial charge in [-0.1, -0.05) is 27.4 Å². The molecule has 90 valence electrons. The van der Waals surface area contributed by atoms with Crippen molar-refractivity contribution in [3.63, 3.8) is 0 Å². The molecule has 0 amide bonds. The van der Waals surface area contributed by atoms with Crippen LogP contribution in [0.1, 0.15) is 45.9 Å². The van der Waals surface area contributed by atoms with E-state index in [4.69, 9.17) is 0 Å². The Bertz CT molecular complexity index is 347. The summed E-state index contributed by atoms with van der Waals surface area (Å²) in [6, 6.07) is 2.20. The Morgan fingerprint density at radius 2 is 2.06 bits per heavy atom. The lowest BCUT2D eigenvalue weighted by Gasteiger charge is -1.96. The topological polar surface area (TPSA) is 15.8 Å². The molecule has 2 heteroatoms. The number of allylic oxidation sites excluding steroid dienone is 2. The molecule has 1 aromatic rings. The number of aryl methyl sites for hydroxylation is 1. The van der Waals surface area contributed by atoms with Crippen molar-refractivity contribution in [2.75, 3.05) is 0 Å². The highest BCUT2D eigenvalue weighted by Crippen LogP contribution is 2.22. The fourth-order valence-corrected chi connectivity index (χ4v) is 1.64. The molecule has 0 saturated heterocycles. The highest BCUT2D eigenvalue weighted by atomic mass is 32.2. The van der Waals surface area contributed by atoms with Gasteiger partial charge in [-0.2, -0.15) is 0 Å². The van der Waals surface area contributed by atoms with Crippen LogP contribution in [0.15, 0.2) is 29.2 Å². The van der Waals surface area contributed by atoms with Crippen LogP contribution >= 0.6 is 11.8 Å². The molecule has 0 aliphatic rings. The van der Waals surface area contributed by atoms with E-state index >= 15 is 0 Å². The van der Waals surface area contributed by atoms with Gasteiger partial charge in [0.2, 0.25) is 0 Å². The van der Waals surface area contributed by atoms with Gasteiger partial charge >= 0.3 is 0 Å². The van der Waals surface area contributed by atoms with E-state index in [0.717, 1.165) is 11.3 Å². The Morgan fingerprint density at radius 1 is 1.44 bits per heavy atom. The van der Waals surface area contributed by atoms with Crippen LogP contribution in [0, 0.1) is 0 Å². The smallest absolute Gasteiger partial charge is 0.0150 e. The van der Waals surface area contributed by atoms with Crippen molar-refractivity contribution in [3.05, 3.63) is 40.4 Å². The lowest BCUT2D eigenvalue weighted by molar-refractivity contribution is 1.06. The van der Waals surface area contributed by atoms with E-state index in [1.165, 1.54) is 16.8 Å². The number of hydrogen-bond acceptors (Lipinski definition) is 1. The third-order valence-electron chi connectivity index (χ3n) is 2.02. The van der Waals surface area contributed by atoms with E-state index in [1.54, 1.807) is 11.8 Å². The van der Waals surface area contributed by atoms with Crippen molar-refractivity contribution in [1.82, 2.24) is 4.98 Å². The molecule has 0 aromatic carbocycles. The van der Waals surface area contributed by atoms with Crippen molar-refractivity contribution in [1.29, 1.82) is 0 Å². The molecule has 1 aromatic heterocycles. The quantitative estimate of drug-likeness (QED) is 0.758. The zero-order chi connectivity index (χ0) is 12.6. The molecule has 0 atom stereocenters. The monoisotopic (exact) mass is 237 g/mol. The second-order valence-corrected chi connectivity index (χ2v) is 4.56. The fraction of sp³-hybridized carbons (Fsp3) is 0.429. The Hall–Kier alpha value is -0.890. The van der Waals surface area contributed by atoms with Gasteiger partial charge < -0.3 is 4.98 Å². The van der Waals surface area contributed by atoms with Gasteiger partial charge in [-0.25, -0.2) is 0 Å². The number of thioether (sulfide) groups is 1. The van der Waals surface area contributed by atoms with Gasteiger partial charge in [0.05, 0.1) is 0 Å². The van der Waals surface area contributed by atoms with Gasteiger partial charge in [0.1, 0.15) is 0 Å². The van der Waals surface area contributed by atoms with Crippen molar-refractivity contribution in [2.24, 2.45) is 0 Å². The minimum atomic E-state index is 1.06. The van der Waals surface area contributed by atoms with Gasteiger partial charge in [-0.3, -0.25) is 0 Å². The summed E-state index contributed by atoms with van der Waals surface area (Å²) in [5, 5.41) is 2.14. The number of nitrogens with one attached hydrogen (secondary N) is 1. The number of rotatable bonds is 4. The average molecular weight is 237 g/mol. The summed E-state index contributed by atoms with van der Waals surface area (Å²) in [6.07, 6.45) is 3.12. The van der Waals surface area contributed by atoms with E-state index in [1.807, 2.05) is 20.8 Å². The second kappa shape index (κ2) is 8.28. The van der Waals surface area contributed by atoms with Gasteiger partial charge in [-0.05, 0) is 47.8 Å². The Kier molecular flexibility index (Phi) is 7.82. The van der Waals surface area contributed by atoms with Crippen LogP contribution in [0.4, 0.5) is 0 Å². The number of hydrogen-bond donors (Lipinski definition) is 1. The fourth-order valence-electron chi connectivity index (χ4n) is 1.13. The molecule has 0 aliphatic heterocycles. The van der Waals surface area contributed by atoms with Gasteiger partial charge in [0, 0.05) is 11.9 Å². The molecule has 1 N–H and O–H groups in total. The molecule has 0 radical (unpaired) electrons. The molecular weight excluding hydrogens is 214 g/mol. The molecule has 0 bridgehead atoms. The van der Waals surface area contributed by atoms with E-state index in [-0.39, 0.29) is 0 Å². The highest BCUT2D eigenvalue weighted by molar-refractivity contribution is 8.05. The maximum atomic E-state index is 3.85. The molecule has 16 heavy (non-hydrogen) atoms. The third kappa shape index (κ3) is 5.26. The molecule has 1 nitrogen and oxygen atoms in total. The first-order chi connectivity index (χ1) is 7.63. The summed E-state index contributed by atoms with van der Waals surface area (Å²) >= 11 is 1.68. The van der Waals surface area contributed by atoms with Crippen molar-refractivity contribution in [3.8, 4) is 0 Å². The average Bonchev–Trinajstić information content (AvgIpc) is 2.77. The predicted octanol–water partition coefficient (Wildman–Crippen LogP) is 5.23. The Labute approximate surface area is 104 Å². The Balaban J connectivity index is 0.00000106. The standard InChI is InChI=1S/C12H17NS.C2H6/c1-5-12-6-11(7-13-12)10(4)8-14-9(2)3;1-2/h6-8,13H,2,5H2,1,3-4H3;1-2H3/b10-8+;. The zero-order valence-corrected chi connectivity index (χ0v) is 11.9. The lowest BCUT2D eigenvalue weighted by atomic mass is 10.2. The normalized spacial score (nSPS) is 10.7. The highest BCUT2D eigenvalue weighted by Gasteiger charge is 1.98. The largest absolute Gasteiger partial charge is 0.364 e. The predicted molar refractivity (Wildman–Crippen MR) is 77.6 cm³/mol. The molecule has 0 aliphatic carbocycles. The maximum Gasteiger partial charge on any atom is 0.0150 e. The van der Waals surface area contributed by atoms with Crippen molar-refractivity contribution >= 4 is 17.3 Å². The molecule has 0 saturated carbocycles. The molecular formula is C14H23NS. The van der Waals surface area contributed by atoms with Crippen LogP contribution in [-0.4, -0.2) is 4.98 Å². The van der Waals surface area contributed by atoms with E-state index in [2.05, 4.69) is 43.1 Å². The van der Waals surface area contributed by atoms with Gasteiger partial charge in [0.25, 0.3) is 0 Å². The van der Waals surface area contributed by atoms with Crippen LogP contribution in [0.25, 0.3) is 5.57 Å². The molecule has 0 fully saturated rings.